The van der Waals surface area contributed by atoms with Gasteiger partial charge in [0.25, 0.3) is 0 Å². The van der Waals surface area contributed by atoms with Gasteiger partial charge in [-0.3, -0.25) is 0 Å². The molecule has 3 N–H and O–H groups in total. The van der Waals surface area contributed by atoms with Crippen molar-refractivity contribution in [3.8, 4) is 0 Å². The predicted octanol–water partition coefficient (Wildman–Crippen LogP) is 3.64. The Hall–Kier alpha value is -2.16. The van der Waals surface area contributed by atoms with Crippen molar-refractivity contribution in [2.45, 2.75) is 31.2 Å². The molecular weight excluding hydrogens is 392 g/mol. The van der Waals surface area contributed by atoms with Crippen molar-refractivity contribution in [1.29, 1.82) is 0 Å². The first-order chi connectivity index (χ1) is 13.3. The summed E-state index contributed by atoms with van der Waals surface area (Å²) >= 11 is 5.41. The second-order valence-corrected chi connectivity index (χ2v) is 9.13. The summed E-state index contributed by atoms with van der Waals surface area (Å²) in [6, 6.07) is 14.9. The number of hydrogen-bond donors (Lipinski definition) is 3. The molecule has 0 saturated carbocycles. The minimum atomic E-state index is -3.53. The molecule has 2 aromatic carbocycles. The molecule has 6 nitrogen and oxygen atoms in total. The molecule has 0 radical (unpaired) electrons. The summed E-state index contributed by atoms with van der Waals surface area (Å²) in [4.78, 5) is 0.215. The van der Waals surface area contributed by atoms with Gasteiger partial charge in [0, 0.05) is 27.2 Å². The third-order valence-electron chi connectivity index (χ3n) is 4.16. The molecule has 0 heterocycles. The van der Waals surface area contributed by atoms with Crippen LogP contribution in [0.4, 0.5) is 11.4 Å². The molecule has 0 aliphatic rings. The summed E-state index contributed by atoms with van der Waals surface area (Å²) in [6.07, 6.45) is 2.09. The minimum absolute atomic E-state index is 0.215. The number of thiocarbonyl (C=S) groups is 1. The number of anilines is 2. The lowest BCUT2D eigenvalue weighted by Crippen LogP contribution is -2.28. The van der Waals surface area contributed by atoms with E-state index in [2.05, 4.69) is 22.9 Å². The van der Waals surface area contributed by atoms with Crippen LogP contribution < -0.4 is 16.0 Å². The Labute approximate surface area is 173 Å². The van der Waals surface area contributed by atoms with Crippen LogP contribution >= 0.6 is 12.2 Å². The van der Waals surface area contributed by atoms with Gasteiger partial charge in [0.15, 0.2) is 5.11 Å². The van der Waals surface area contributed by atoms with E-state index in [1.165, 1.54) is 18.4 Å². The van der Waals surface area contributed by atoms with E-state index in [1.807, 2.05) is 30.3 Å². The minimum Gasteiger partial charge on any atom is -0.383 e. The number of rotatable bonds is 9. The second-order valence-electron chi connectivity index (χ2n) is 6.57. The van der Waals surface area contributed by atoms with Crippen molar-refractivity contribution in [2.75, 3.05) is 31.3 Å². The van der Waals surface area contributed by atoms with E-state index in [4.69, 9.17) is 12.2 Å². The summed E-state index contributed by atoms with van der Waals surface area (Å²) in [5.74, 6) is 0. The Balaban J connectivity index is 2.18. The van der Waals surface area contributed by atoms with Gasteiger partial charge in [-0.2, -0.15) is 0 Å². The van der Waals surface area contributed by atoms with Crippen molar-refractivity contribution < 1.29 is 8.42 Å². The molecule has 0 aliphatic carbocycles. The Morgan fingerprint density at radius 1 is 1.07 bits per heavy atom. The summed E-state index contributed by atoms with van der Waals surface area (Å²) < 4.78 is 26.2. The van der Waals surface area contributed by atoms with Crippen LogP contribution in [0, 0.1) is 0 Å². The second kappa shape index (κ2) is 10.4. The molecule has 8 heteroatoms. The molecule has 0 atom stereocenters. The number of nitrogens with zero attached hydrogens (tertiary/aromatic N) is 1. The number of benzene rings is 2. The number of sulfonamides is 1. The molecule has 0 unspecified atom stereocenters. The van der Waals surface area contributed by atoms with Crippen LogP contribution in [0.2, 0.25) is 0 Å². The Kier molecular flexibility index (Phi) is 8.22. The molecule has 0 amide bonds. The standard InChI is InChI=1S/C20H28N4O2S2/c1-4-5-13-21-18-12-11-17(28(25,26)24(2)3)14-19(18)23-20(27)22-15-16-9-7-6-8-10-16/h6-12,14,21H,4-5,13,15H2,1-3H3,(H2,22,23,27). The van der Waals surface area contributed by atoms with Gasteiger partial charge in [-0.25, -0.2) is 12.7 Å². The quantitative estimate of drug-likeness (QED) is 0.425. The van der Waals surface area contributed by atoms with Gasteiger partial charge in [-0.15, -0.1) is 0 Å². The van der Waals surface area contributed by atoms with Gasteiger partial charge < -0.3 is 16.0 Å². The zero-order valence-electron chi connectivity index (χ0n) is 16.5. The van der Waals surface area contributed by atoms with Crippen LogP contribution in [0.5, 0.6) is 0 Å². The fourth-order valence-corrected chi connectivity index (χ4v) is 3.61. The van der Waals surface area contributed by atoms with E-state index >= 15 is 0 Å². The van der Waals surface area contributed by atoms with E-state index in [0.717, 1.165) is 30.6 Å². The fraction of sp³-hybridized carbons (Fsp3) is 0.350. The van der Waals surface area contributed by atoms with Gasteiger partial charge in [0.1, 0.15) is 0 Å². The first-order valence-electron chi connectivity index (χ1n) is 9.24. The van der Waals surface area contributed by atoms with Crippen molar-refractivity contribution in [1.82, 2.24) is 9.62 Å². The average molecular weight is 421 g/mol. The summed E-state index contributed by atoms with van der Waals surface area (Å²) in [7, 11) is -0.499. The highest BCUT2D eigenvalue weighted by Gasteiger charge is 2.19. The maximum Gasteiger partial charge on any atom is 0.242 e. The first-order valence-corrected chi connectivity index (χ1v) is 11.1. The van der Waals surface area contributed by atoms with Crippen LogP contribution in [0.25, 0.3) is 0 Å². The van der Waals surface area contributed by atoms with Crippen LogP contribution in [0.15, 0.2) is 53.4 Å². The number of nitrogens with one attached hydrogen (secondary N) is 3. The summed E-state index contributed by atoms with van der Waals surface area (Å²) in [6.45, 7) is 3.51. The zero-order valence-corrected chi connectivity index (χ0v) is 18.2. The van der Waals surface area contributed by atoms with E-state index in [-0.39, 0.29) is 4.90 Å². The summed E-state index contributed by atoms with van der Waals surface area (Å²) in [5, 5.41) is 10.1. The monoisotopic (exact) mass is 420 g/mol. The van der Waals surface area contributed by atoms with E-state index in [1.54, 1.807) is 18.2 Å². The highest BCUT2D eigenvalue weighted by molar-refractivity contribution is 7.89. The Morgan fingerprint density at radius 3 is 2.43 bits per heavy atom. The van der Waals surface area contributed by atoms with Crippen molar-refractivity contribution in [3.63, 3.8) is 0 Å². The number of unbranched alkanes of at least 4 members (excludes halogenated alkanes) is 1. The van der Waals surface area contributed by atoms with Gasteiger partial charge in [-0.05, 0) is 42.4 Å². The van der Waals surface area contributed by atoms with Crippen molar-refractivity contribution in [2.24, 2.45) is 0 Å². The lowest BCUT2D eigenvalue weighted by Gasteiger charge is -2.18. The molecule has 0 aromatic heterocycles. The highest BCUT2D eigenvalue weighted by Crippen LogP contribution is 2.27. The lowest BCUT2D eigenvalue weighted by molar-refractivity contribution is 0.521. The molecule has 2 aromatic rings. The van der Waals surface area contributed by atoms with E-state index in [0.29, 0.717) is 17.3 Å². The predicted molar refractivity (Wildman–Crippen MR) is 120 cm³/mol. The average Bonchev–Trinajstić information content (AvgIpc) is 2.68. The smallest absolute Gasteiger partial charge is 0.242 e. The SMILES string of the molecule is CCCCNc1ccc(S(=O)(=O)N(C)C)cc1NC(=S)NCc1ccccc1. The summed E-state index contributed by atoms with van der Waals surface area (Å²) in [5.41, 5.74) is 2.55. The topological polar surface area (TPSA) is 73.5 Å². The molecule has 0 saturated heterocycles. The molecular formula is C20H28N4O2S2. The Morgan fingerprint density at radius 2 is 1.79 bits per heavy atom. The van der Waals surface area contributed by atoms with Gasteiger partial charge >= 0.3 is 0 Å². The van der Waals surface area contributed by atoms with Crippen LogP contribution in [-0.2, 0) is 16.6 Å². The van der Waals surface area contributed by atoms with Crippen LogP contribution in [0.1, 0.15) is 25.3 Å². The maximum absolute atomic E-state index is 12.5. The molecule has 0 aliphatic heterocycles. The van der Waals surface area contributed by atoms with Gasteiger partial charge in [0.2, 0.25) is 10.0 Å². The van der Waals surface area contributed by atoms with Crippen LogP contribution in [-0.4, -0.2) is 38.5 Å². The third-order valence-corrected chi connectivity index (χ3v) is 6.22. The zero-order chi connectivity index (χ0) is 20.6. The third kappa shape index (κ3) is 6.19. The molecule has 28 heavy (non-hydrogen) atoms. The van der Waals surface area contributed by atoms with Gasteiger partial charge in [-0.1, -0.05) is 43.7 Å². The van der Waals surface area contributed by atoms with Crippen LogP contribution in [0.3, 0.4) is 0 Å². The van der Waals surface area contributed by atoms with Crippen molar-refractivity contribution >= 4 is 38.7 Å². The lowest BCUT2D eigenvalue weighted by atomic mass is 10.2. The molecule has 152 valence electrons. The Bertz CT molecular complexity index is 884. The van der Waals surface area contributed by atoms with E-state index in [9.17, 15) is 8.42 Å². The highest BCUT2D eigenvalue weighted by atomic mass is 32.2. The fourth-order valence-electron chi connectivity index (χ4n) is 2.50. The van der Waals surface area contributed by atoms with Crippen molar-refractivity contribution in [3.05, 3.63) is 54.1 Å². The van der Waals surface area contributed by atoms with E-state index < -0.39 is 10.0 Å². The largest absolute Gasteiger partial charge is 0.383 e. The maximum atomic E-state index is 12.5. The molecule has 0 spiro atoms. The normalized spacial score (nSPS) is 11.3. The molecule has 0 bridgehead atoms. The van der Waals surface area contributed by atoms with Gasteiger partial charge in [0.05, 0.1) is 16.3 Å². The number of hydrogen-bond acceptors (Lipinski definition) is 4. The molecule has 0 fully saturated rings. The first kappa shape index (κ1) is 22.1. The molecule has 2 rings (SSSR count).